The lowest BCUT2D eigenvalue weighted by molar-refractivity contribution is 0.0710. The van der Waals surface area contributed by atoms with Crippen LogP contribution in [-0.4, -0.2) is 53.2 Å². The van der Waals surface area contributed by atoms with Crippen LogP contribution in [0.1, 0.15) is 53.5 Å². The summed E-state index contributed by atoms with van der Waals surface area (Å²) in [6, 6.07) is 3.54. The van der Waals surface area contributed by atoms with Crippen molar-refractivity contribution in [1.29, 1.82) is 0 Å². The van der Waals surface area contributed by atoms with Crippen molar-refractivity contribution in [3.63, 3.8) is 0 Å². The molecule has 0 bridgehead atoms. The minimum absolute atomic E-state index is 0.0779. The Morgan fingerprint density at radius 3 is 2.54 bits per heavy atom. The lowest BCUT2D eigenvalue weighted by Gasteiger charge is -2.31. The number of rotatable bonds is 5. The van der Waals surface area contributed by atoms with Gasteiger partial charge < -0.3 is 14.0 Å². The molecule has 0 atom stereocenters. The summed E-state index contributed by atoms with van der Waals surface area (Å²) in [6.45, 7) is 7.09. The molecule has 3 aromatic heterocycles. The first-order valence-corrected chi connectivity index (χ1v) is 9.76. The average Bonchev–Trinajstić information content (AvgIpc) is 3.34. The van der Waals surface area contributed by atoms with Crippen LogP contribution in [0.5, 0.6) is 0 Å². The molecule has 0 aromatic carbocycles. The maximum atomic E-state index is 12.6. The second-order valence-corrected chi connectivity index (χ2v) is 7.12. The molecule has 0 saturated carbocycles. The van der Waals surface area contributed by atoms with Crippen molar-refractivity contribution in [2.24, 2.45) is 0 Å². The SMILES string of the molecule is CCn1c(Cn2ccnc2C)nnc1C1CCN(C(=O)c2ccncc2)CC1. The third-order valence-electron chi connectivity index (χ3n) is 5.48. The summed E-state index contributed by atoms with van der Waals surface area (Å²) >= 11 is 0. The molecule has 1 saturated heterocycles. The molecule has 1 aliphatic heterocycles. The molecule has 3 aromatic rings. The molecule has 1 fully saturated rings. The summed E-state index contributed by atoms with van der Waals surface area (Å²) in [5, 5.41) is 8.97. The first-order valence-electron chi connectivity index (χ1n) is 9.76. The van der Waals surface area contributed by atoms with Gasteiger partial charge in [0.1, 0.15) is 11.6 Å². The molecule has 0 radical (unpaired) electrons. The van der Waals surface area contributed by atoms with E-state index in [-0.39, 0.29) is 5.91 Å². The van der Waals surface area contributed by atoms with Crippen molar-refractivity contribution < 1.29 is 4.79 Å². The first kappa shape index (κ1) is 18.3. The fraction of sp³-hybridized carbons (Fsp3) is 0.450. The molecule has 0 unspecified atom stereocenters. The minimum atomic E-state index is 0.0779. The van der Waals surface area contributed by atoms with E-state index in [1.807, 2.05) is 18.0 Å². The molecule has 0 N–H and O–H groups in total. The third kappa shape index (κ3) is 3.54. The van der Waals surface area contributed by atoms with Crippen molar-refractivity contribution in [2.75, 3.05) is 13.1 Å². The maximum Gasteiger partial charge on any atom is 0.253 e. The average molecular weight is 379 g/mol. The third-order valence-corrected chi connectivity index (χ3v) is 5.48. The molecule has 0 aliphatic carbocycles. The highest BCUT2D eigenvalue weighted by atomic mass is 16.2. The van der Waals surface area contributed by atoms with Crippen LogP contribution in [0.2, 0.25) is 0 Å². The lowest BCUT2D eigenvalue weighted by Crippen LogP contribution is -2.38. The number of amides is 1. The van der Waals surface area contributed by atoms with Gasteiger partial charge in [0.15, 0.2) is 5.82 Å². The summed E-state index contributed by atoms with van der Waals surface area (Å²) in [5.41, 5.74) is 0.697. The summed E-state index contributed by atoms with van der Waals surface area (Å²) in [7, 11) is 0. The summed E-state index contributed by atoms with van der Waals surface area (Å²) < 4.78 is 4.29. The normalized spacial score (nSPS) is 15.1. The number of carbonyl (C=O) groups is 1. The molecule has 28 heavy (non-hydrogen) atoms. The highest BCUT2D eigenvalue weighted by molar-refractivity contribution is 5.94. The fourth-order valence-electron chi connectivity index (χ4n) is 3.85. The van der Waals surface area contributed by atoms with Crippen LogP contribution in [0.4, 0.5) is 0 Å². The molecular weight excluding hydrogens is 354 g/mol. The number of piperidine rings is 1. The number of aryl methyl sites for hydroxylation is 1. The second kappa shape index (κ2) is 7.92. The second-order valence-electron chi connectivity index (χ2n) is 7.12. The predicted octanol–water partition coefficient (Wildman–Crippen LogP) is 2.27. The molecule has 1 amide bonds. The van der Waals surface area contributed by atoms with Crippen molar-refractivity contribution in [1.82, 2.24) is 34.2 Å². The van der Waals surface area contributed by atoms with Gasteiger partial charge in [0.2, 0.25) is 0 Å². The summed E-state index contributed by atoms with van der Waals surface area (Å²) in [4.78, 5) is 22.8. The van der Waals surface area contributed by atoms with Crippen LogP contribution >= 0.6 is 0 Å². The van der Waals surface area contributed by atoms with E-state index in [9.17, 15) is 4.79 Å². The quantitative estimate of drug-likeness (QED) is 0.679. The molecule has 4 heterocycles. The topological polar surface area (TPSA) is 81.7 Å². The number of carbonyl (C=O) groups excluding carboxylic acids is 1. The van der Waals surface area contributed by atoms with Crippen molar-refractivity contribution in [3.8, 4) is 0 Å². The smallest absolute Gasteiger partial charge is 0.253 e. The van der Waals surface area contributed by atoms with Gasteiger partial charge in [-0.3, -0.25) is 9.78 Å². The van der Waals surface area contributed by atoms with Crippen LogP contribution in [0.15, 0.2) is 36.9 Å². The number of imidazole rings is 1. The van der Waals surface area contributed by atoms with Gasteiger partial charge in [-0.05, 0) is 38.8 Å². The maximum absolute atomic E-state index is 12.6. The molecular formula is C20H25N7O. The highest BCUT2D eigenvalue weighted by Gasteiger charge is 2.28. The molecule has 8 heteroatoms. The first-order chi connectivity index (χ1) is 13.7. The number of hydrogen-bond acceptors (Lipinski definition) is 5. The Morgan fingerprint density at radius 1 is 1.14 bits per heavy atom. The Bertz CT molecular complexity index is 939. The van der Waals surface area contributed by atoms with E-state index in [0.29, 0.717) is 18.0 Å². The zero-order valence-corrected chi connectivity index (χ0v) is 16.3. The Morgan fingerprint density at radius 2 is 1.89 bits per heavy atom. The molecule has 1 aliphatic rings. The Hall–Kier alpha value is -3.03. The van der Waals surface area contributed by atoms with Gasteiger partial charge >= 0.3 is 0 Å². The van der Waals surface area contributed by atoms with Crippen LogP contribution < -0.4 is 0 Å². The van der Waals surface area contributed by atoms with E-state index in [0.717, 1.165) is 49.9 Å². The predicted molar refractivity (Wildman–Crippen MR) is 104 cm³/mol. The summed E-state index contributed by atoms with van der Waals surface area (Å²) in [6.07, 6.45) is 8.89. The van der Waals surface area contributed by atoms with Gasteiger partial charge in [-0.1, -0.05) is 0 Å². The van der Waals surface area contributed by atoms with E-state index >= 15 is 0 Å². The number of hydrogen-bond donors (Lipinski definition) is 0. The van der Waals surface area contributed by atoms with Crippen LogP contribution in [-0.2, 0) is 13.1 Å². The van der Waals surface area contributed by atoms with Gasteiger partial charge in [0, 0.05) is 55.9 Å². The van der Waals surface area contributed by atoms with Crippen LogP contribution in [0.3, 0.4) is 0 Å². The Kier molecular flexibility index (Phi) is 5.18. The van der Waals surface area contributed by atoms with E-state index in [1.165, 1.54) is 0 Å². The largest absolute Gasteiger partial charge is 0.339 e. The van der Waals surface area contributed by atoms with E-state index in [1.54, 1.807) is 30.7 Å². The number of nitrogens with zero attached hydrogens (tertiary/aromatic N) is 7. The molecule has 4 rings (SSSR count). The molecule has 146 valence electrons. The zero-order valence-electron chi connectivity index (χ0n) is 16.3. The molecule has 0 spiro atoms. The number of likely N-dealkylation sites (tertiary alicyclic amines) is 1. The van der Waals surface area contributed by atoms with Crippen LogP contribution in [0, 0.1) is 6.92 Å². The standard InChI is InChI=1S/C20H25N7O/c1-3-27-18(14-26-13-10-22-15(26)2)23-24-19(27)16-6-11-25(12-7-16)20(28)17-4-8-21-9-5-17/h4-5,8-10,13,16H,3,6-7,11-12,14H2,1-2H3. The number of aromatic nitrogens is 6. The van der Waals surface area contributed by atoms with Gasteiger partial charge in [-0.25, -0.2) is 4.98 Å². The fourth-order valence-corrected chi connectivity index (χ4v) is 3.85. The van der Waals surface area contributed by atoms with Crippen molar-refractivity contribution >= 4 is 5.91 Å². The van der Waals surface area contributed by atoms with Gasteiger partial charge in [-0.2, -0.15) is 0 Å². The van der Waals surface area contributed by atoms with Gasteiger partial charge in [0.05, 0.1) is 6.54 Å². The lowest BCUT2D eigenvalue weighted by atomic mass is 9.95. The van der Waals surface area contributed by atoms with Crippen LogP contribution in [0.25, 0.3) is 0 Å². The van der Waals surface area contributed by atoms with Gasteiger partial charge in [0.25, 0.3) is 5.91 Å². The Balaban J connectivity index is 1.45. The van der Waals surface area contributed by atoms with E-state index in [2.05, 4.69) is 36.2 Å². The Labute approximate surface area is 164 Å². The van der Waals surface area contributed by atoms with Gasteiger partial charge in [-0.15, -0.1) is 10.2 Å². The minimum Gasteiger partial charge on any atom is -0.339 e. The molecule has 8 nitrogen and oxygen atoms in total. The monoisotopic (exact) mass is 379 g/mol. The van der Waals surface area contributed by atoms with Crippen molar-refractivity contribution in [2.45, 2.75) is 45.7 Å². The van der Waals surface area contributed by atoms with Crippen molar-refractivity contribution in [3.05, 3.63) is 60.0 Å². The zero-order chi connectivity index (χ0) is 19.5. The van der Waals surface area contributed by atoms with E-state index in [4.69, 9.17) is 0 Å². The number of pyridine rings is 1. The van der Waals surface area contributed by atoms with E-state index < -0.39 is 0 Å². The highest BCUT2D eigenvalue weighted by Crippen LogP contribution is 2.28. The summed E-state index contributed by atoms with van der Waals surface area (Å²) in [5.74, 6) is 3.36.